The largest absolute Gasteiger partial charge is 0.481 e. The summed E-state index contributed by atoms with van der Waals surface area (Å²) in [5.74, 6) is -0.432. The fourth-order valence-corrected chi connectivity index (χ4v) is 4.61. The van der Waals surface area contributed by atoms with Crippen molar-refractivity contribution in [2.24, 2.45) is 5.92 Å². The first kappa shape index (κ1) is 21.9. The van der Waals surface area contributed by atoms with Crippen molar-refractivity contribution < 1.29 is 9.90 Å². The fourth-order valence-electron chi connectivity index (χ4n) is 4.49. The van der Waals surface area contributed by atoms with Gasteiger partial charge in [-0.05, 0) is 91.9 Å². The Morgan fingerprint density at radius 3 is 2.59 bits per heavy atom. The molecule has 0 saturated carbocycles. The van der Waals surface area contributed by atoms with Crippen LogP contribution in [0.3, 0.4) is 0 Å². The third-order valence-corrected chi connectivity index (χ3v) is 6.98. The Labute approximate surface area is 179 Å². The second kappa shape index (κ2) is 9.32. The van der Waals surface area contributed by atoms with Crippen molar-refractivity contribution in [2.75, 3.05) is 13.1 Å². The van der Waals surface area contributed by atoms with Crippen molar-refractivity contribution in [3.63, 3.8) is 0 Å². The molecule has 1 aliphatic heterocycles. The Morgan fingerprint density at radius 1 is 1.21 bits per heavy atom. The molecule has 2 atom stereocenters. The van der Waals surface area contributed by atoms with E-state index < -0.39 is 5.97 Å². The molecule has 1 fully saturated rings. The molecule has 156 valence electrons. The molecular weight excluding hydrogens is 382 g/mol. The Hall–Kier alpha value is -1.84. The maximum absolute atomic E-state index is 11.3. The molecule has 1 N–H and O–H groups in total. The van der Waals surface area contributed by atoms with Crippen molar-refractivity contribution in [1.82, 2.24) is 4.90 Å². The van der Waals surface area contributed by atoms with Crippen LogP contribution in [0.1, 0.15) is 59.1 Å². The van der Waals surface area contributed by atoms with Gasteiger partial charge in [0, 0.05) is 18.1 Å². The predicted octanol–water partition coefficient (Wildman–Crippen LogP) is 5.91. The number of halogens is 1. The molecule has 0 amide bonds. The molecule has 0 aliphatic carbocycles. The zero-order valence-corrected chi connectivity index (χ0v) is 18.7. The van der Waals surface area contributed by atoms with Gasteiger partial charge < -0.3 is 5.11 Å². The van der Waals surface area contributed by atoms with E-state index in [-0.39, 0.29) is 5.92 Å². The Bertz CT molecular complexity index is 893. The number of hydrogen-bond donors (Lipinski definition) is 1. The molecule has 1 saturated heterocycles. The molecule has 3 rings (SSSR count). The predicted molar refractivity (Wildman–Crippen MR) is 120 cm³/mol. The lowest BCUT2D eigenvalue weighted by Crippen LogP contribution is -2.24. The second-order valence-electron chi connectivity index (χ2n) is 8.52. The van der Waals surface area contributed by atoms with Crippen molar-refractivity contribution in [2.45, 2.75) is 59.4 Å². The molecule has 4 heteroatoms. The number of carboxylic acids is 1. The van der Waals surface area contributed by atoms with E-state index in [1.807, 2.05) is 6.07 Å². The maximum Gasteiger partial charge on any atom is 0.307 e. The van der Waals surface area contributed by atoms with Gasteiger partial charge in [0.25, 0.3) is 0 Å². The third-order valence-electron chi connectivity index (χ3n) is 6.56. The van der Waals surface area contributed by atoms with Crippen molar-refractivity contribution >= 4 is 17.6 Å². The highest BCUT2D eigenvalue weighted by Crippen LogP contribution is 2.31. The average molecular weight is 414 g/mol. The van der Waals surface area contributed by atoms with E-state index in [9.17, 15) is 9.90 Å². The van der Waals surface area contributed by atoms with Gasteiger partial charge in [0.05, 0.1) is 5.92 Å². The summed E-state index contributed by atoms with van der Waals surface area (Å²) in [5.41, 5.74) is 7.87. The van der Waals surface area contributed by atoms with Gasteiger partial charge >= 0.3 is 5.97 Å². The zero-order valence-electron chi connectivity index (χ0n) is 18.0. The summed E-state index contributed by atoms with van der Waals surface area (Å²) in [6.45, 7) is 11.1. The minimum Gasteiger partial charge on any atom is -0.481 e. The van der Waals surface area contributed by atoms with Crippen LogP contribution in [0, 0.1) is 26.7 Å². The number of likely N-dealkylation sites (tertiary alicyclic amines) is 1. The summed E-state index contributed by atoms with van der Waals surface area (Å²) in [6.07, 6.45) is 2.84. The smallest absolute Gasteiger partial charge is 0.307 e. The summed E-state index contributed by atoms with van der Waals surface area (Å²) in [5, 5.41) is 10.1. The molecule has 1 aliphatic rings. The summed E-state index contributed by atoms with van der Waals surface area (Å²) in [6, 6.07) is 10.9. The lowest BCUT2D eigenvalue weighted by Gasteiger charge is -2.23. The van der Waals surface area contributed by atoms with E-state index in [0.717, 1.165) is 42.9 Å². The normalized spacial score (nSPS) is 18.2. The number of aryl methyl sites for hydroxylation is 2. The third kappa shape index (κ3) is 5.02. The van der Waals surface area contributed by atoms with Crippen molar-refractivity contribution in [3.8, 4) is 0 Å². The SMILES string of the molecule is CC[C@@H](Cc1ccc(C)c(CN2CC[C@@H](C(=O)O)C2)c1C)c1ccc(Cl)c(C)c1. The first-order valence-electron chi connectivity index (χ1n) is 10.6. The van der Waals surface area contributed by atoms with Crippen LogP contribution in [-0.4, -0.2) is 29.1 Å². The molecule has 2 aromatic rings. The van der Waals surface area contributed by atoms with E-state index in [0.29, 0.717) is 12.5 Å². The fraction of sp³-hybridized carbons (Fsp3) is 0.480. The highest BCUT2D eigenvalue weighted by Gasteiger charge is 2.28. The molecule has 1 heterocycles. The van der Waals surface area contributed by atoms with Crippen LogP contribution in [0.5, 0.6) is 0 Å². The molecule has 2 aromatic carbocycles. The van der Waals surface area contributed by atoms with Crippen molar-refractivity contribution in [1.29, 1.82) is 0 Å². The number of carboxylic acid groups (broad SMARTS) is 1. The van der Waals surface area contributed by atoms with Gasteiger partial charge in [0.2, 0.25) is 0 Å². The van der Waals surface area contributed by atoms with Gasteiger partial charge in [-0.15, -0.1) is 0 Å². The number of nitrogens with zero attached hydrogens (tertiary/aromatic N) is 1. The summed E-state index contributed by atoms with van der Waals surface area (Å²) < 4.78 is 0. The van der Waals surface area contributed by atoms with Crippen molar-refractivity contribution in [3.05, 3.63) is 68.7 Å². The number of benzene rings is 2. The molecule has 0 aromatic heterocycles. The molecule has 0 unspecified atom stereocenters. The van der Waals surface area contributed by atoms with Gasteiger partial charge in [-0.25, -0.2) is 0 Å². The summed E-state index contributed by atoms with van der Waals surface area (Å²) >= 11 is 6.22. The lowest BCUT2D eigenvalue weighted by atomic mass is 9.86. The minimum atomic E-state index is -0.668. The van der Waals surface area contributed by atoms with E-state index in [1.54, 1.807) is 0 Å². The molecule has 0 radical (unpaired) electrons. The van der Waals surface area contributed by atoms with Crippen LogP contribution in [0.2, 0.25) is 5.02 Å². The Balaban J connectivity index is 1.80. The highest BCUT2D eigenvalue weighted by atomic mass is 35.5. The maximum atomic E-state index is 11.3. The second-order valence-corrected chi connectivity index (χ2v) is 8.93. The van der Waals surface area contributed by atoms with Crippen LogP contribution >= 0.6 is 11.6 Å². The highest BCUT2D eigenvalue weighted by molar-refractivity contribution is 6.31. The standard InChI is InChI=1S/C25H32ClNO2/c1-5-19(21-8-9-24(26)17(3)12-21)13-20-7-6-16(2)23(18(20)4)15-27-11-10-22(14-27)25(28)29/h6-9,12,19,22H,5,10-11,13-15H2,1-4H3,(H,28,29)/t19-,22+/m0/s1. The number of aliphatic carboxylic acids is 1. The van der Waals surface area contributed by atoms with E-state index >= 15 is 0 Å². The van der Waals surface area contributed by atoms with E-state index in [1.165, 1.54) is 27.8 Å². The lowest BCUT2D eigenvalue weighted by molar-refractivity contribution is -0.141. The topological polar surface area (TPSA) is 40.5 Å². The molecule has 29 heavy (non-hydrogen) atoms. The van der Waals surface area contributed by atoms with Crippen LogP contribution in [0.15, 0.2) is 30.3 Å². The molecular formula is C25H32ClNO2. The summed E-state index contributed by atoms with van der Waals surface area (Å²) in [7, 11) is 0. The van der Waals surface area contributed by atoms with Crippen LogP contribution in [0.4, 0.5) is 0 Å². The van der Waals surface area contributed by atoms with Crippen LogP contribution < -0.4 is 0 Å². The Morgan fingerprint density at radius 2 is 1.97 bits per heavy atom. The van der Waals surface area contributed by atoms with Gasteiger partial charge in [-0.3, -0.25) is 9.69 Å². The van der Waals surface area contributed by atoms with Crippen LogP contribution in [-0.2, 0) is 17.8 Å². The van der Waals surface area contributed by atoms with Gasteiger partial charge in [-0.2, -0.15) is 0 Å². The molecule has 0 bridgehead atoms. The van der Waals surface area contributed by atoms with Gasteiger partial charge in [-0.1, -0.05) is 42.8 Å². The number of rotatable bonds is 7. The molecule has 3 nitrogen and oxygen atoms in total. The first-order chi connectivity index (χ1) is 13.8. The van der Waals surface area contributed by atoms with Gasteiger partial charge in [0.1, 0.15) is 0 Å². The zero-order chi connectivity index (χ0) is 21.1. The average Bonchev–Trinajstić information content (AvgIpc) is 3.16. The summed E-state index contributed by atoms with van der Waals surface area (Å²) in [4.78, 5) is 13.6. The monoisotopic (exact) mass is 413 g/mol. The quantitative estimate of drug-likeness (QED) is 0.613. The first-order valence-corrected chi connectivity index (χ1v) is 11.0. The number of hydrogen-bond acceptors (Lipinski definition) is 2. The van der Waals surface area contributed by atoms with E-state index in [2.05, 4.69) is 56.9 Å². The number of carbonyl (C=O) groups is 1. The van der Waals surface area contributed by atoms with Crippen LogP contribution in [0.25, 0.3) is 0 Å². The van der Waals surface area contributed by atoms with Gasteiger partial charge in [0.15, 0.2) is 0 Å². The Kier molecular flexibility index (Phi) is 7.02. The molecule has 0 spiro atoms. The minimum absolute atomic E-state index is 0.226. The van der Waals surface area contributed by atoms with E-state index in [4.69, 9.17) is 11.6 Å².